The van der Waals surface area contributed by atoms with Crippen LogP contribution >= 0.6 is 0 Å². The molecule has 3 atom stereocenters. The first kappa shape index (κ1) is 10.5. The summed E-state index contributed by atoms with van der Waals surface area (Å²) < 4.78 is 0. The highest BCUT2D eigenvalue weighted by Gasteiger charge is 2.30. The topological polar surface area (TPSA) is 58.2 Å². The third-order valence-corrected chi connectivity index (χ3v) is 3.35. The molecule has 1 saturated heterocycles. The lowest BCUT2D eigenvalue weighted by molar-refractivity contribution is -0.126. The standard InChI is InChI=1S/C11H18N2O2/c1-7-2-3-8(6-7)12-11(15)9-4-5-10(14)13-9/h7-9H,2-6H2,1H3,(H,12,15)(H,13,14)/t7?,8?,9-/m1/s1. The van der Waals surface area contributed by atoms with Gasteiger partial charge in [0.1, 0.15) is 6.04 Å². The first-order chi connectivity index (χ1) is 7.15. The predicted octanol–water partition coefficient (Wildman–Crippen LogP) is 0.570. The van der Waals surface area contributed by atoms with Gasteiger partial charge in [-0.1, -0.05) is 6.92 Å². The number of rotatable bonds is 2. The summed E-state index contributed by atoms with van der Waals surface area (Å²) in [6.07, 6.45) is 4.48. The van der Waals surface area contributed by atoms with Crippen LogP contribution in [0.2, 0.25) is 0 Å². The largest absolute Gasteiger partial charge is 0.352 e. The summed E-state index contributed by atoms with van der Waals surface area (Å²) in [6.45, 7) is 2.21. The van der Waals surface area contributed by atoms with Crippen LogP contribution < -0.4 is 10.6 Å². The molecule has 0 radical (unpaired) electrons. The Morgan fingerprint density at radius 1 is 1.40 bits per heavy atom. The number of hydrogen-bond donors (Lipinski definition) is 2. The normalized spacial score (nSPS) is 35.3. The van der Waals surface area contributed by atoms with Crippen molar-refractivity contribution in [3.8, 4) is 0 Å². The fourth-order valence-corrected chi connectivity index (χ4v) is 2.45. The maximum Gasteiger partial charge on any atom is 0.242 e. The molecule has 15 heavy (non-hydrogen) atoms. The SMILES string of the molecule is CC1CCC(NC(=O)[C@H]2CCC(=O)N2)C1. The molecule has 0 aromatic rings. The maximum absolute atomic E-state index is 11.7. The fourth-order valence-electron chi connectivity index (χ4n) is 2.45. The summed E-state index contributed by atoms with van der Waals surface area (Å²) in [5, 5.41) is 5.71. The summed E-state index contributed by atoms with van der Waals surface area (Å²) in [4.78, 5) is 22.7. The molecule has 1 heterocycles. The highest BCUT2D eigenvalue weighted by atomic mass is 16.2. The van der Waals surface area contributed by atoms with E-state index in [1.807, 2.05) is 0 Å². The van der Waals surface area contributed by atoms with Crippen LogP contribution in [0.15, 0.2) is 0 Å². The van der Waals surface area contributed by atoms with Gasteiger partial charge in [-0.05, 0) is 31.6 Å². The van der Waals surface area contributed by atoms with Crippen molar-refractivity contribution in [1.29, 1.82) is 0 Å². The van der Waals surface area contributed by atoms with Crippen molar-refractivity contribution in [2.24, 2.45) is 5.92 Å². The molecule has 1 aliphatic carbocycles. The molecule has 2 rings (SSSR count). The second kappa shape index (κ2) is 4.21. The Bertz CT molecular complexity index is 278. The molecule has 4 nitrogen and oxygen atoms in total. The van der Waals surface area contributed by atoms with E-state index in [1.54, 1.807) is 0 Å². The Morgan fingerprint density at radius 2 is 2.20 bits per heavy atom. The molecule has 2 N–H and O–H groups in total. The lowest BCUT2D eigenvalue weighted by Gasteiger charge is -2.16. The smallest absolute Gasteiger partial charge is 0.242 e. The van der Waals surface area contributed by atoms with E-state index >= 15 is 0 Å². The van der Waals surface area contributed by atoms with E-state index in [1.165, 1.54) is 6.42 Å². The molecule has 0 aromatic carbocycles. The Hall–Kier alpha value is -1.06. The van der Waals surface area contributed by atoms with Gasteiger partial charge < -0.3 is 10.6 Å². The Labute approximate surface area is 89.8 Å². The van der Waals surface area contributed by atoms with Gasteiger partial charge in [-0.25, -0.2) is 0 Å². The van der Waals surface area contributed by atoms with E-state index in [9.17, 15) is 9.59 Å². The molecule has 2 unspecified atom stereocenters. The van der Waals surface area contributed by atoms with E-state index in [2.05, 4.69) is 17.6 Å². The Morgan fingerprint density at radius 3 is 2.73 bits per heavy atom. The highest BCUT2D eigenvalue weighted by Crippen LogP contribution is 2.24. The van der Waals surface area contributed by atoms with Crippen LogP contribution in [0, 0.1) is 5.92 Å². The van der Waals surface area contributed by atoms with Crippen molar-refractivity contribution in [3.05, 3.63) is 0 Å². The van der Waals surface area contributed by atoms with Crippen molar-refractivity contribution in [1.82, 2.24) is 10.6 Å². The zero-order chi connectivity index (χ0) is 10.8. The van der Waals surface area contributed by atoms with Crippen LogP contribution in [0.3, 0.4) is 0 Å². The van der Waals surface area contributed by atoms with Crippen molar-refractivity contribution in [2.75, 3.05) is 0 Å². The minimum atomic E-state index is -0.284. The third-order valence-electron chi connectivity index (χ3n) is 3.35. The molecule has 4 heteroatoms. The van der Waals surface area contributed by atoms with E-state index in [4.69, 9.17) is 0 Å². The van der Waals surface area contributed by atoms with Crippen LogP contribution in [0.25, 0.3) is 0 Å². The van der Waals surface area contributed by atoms with E-state index < -0.39 is 0 Å². The summed E-state index contributed by atoms with van der Waals surface area (Å²) in [5.41, 5.74) is 0. The molecule has 0 spiro atoms. The fraction of sp³-hybridized carbons (Fsp3) is 0.818. The number of amides is 2. The minimum Gasteiger partial charge on any atom is -0.352 e. The quantitative estimate of drug-likeness (QED) is 0.700. The minimum absolute atomic E-state index is 0.0000463. The molecule has 84 valence electrons. The van der Waals surface area contributed by atoms with Crippen LogP contribution in [0.4, 0.5) is 0 Å². The molecular formula is C11H18N2O2. The Kier molecular flexibility index (Phi) is 2.93. The molecule has 0 bridgehead atoms. The zero-order valence-corrected chi connectivity index (χ0v) is 9.08. The van der Waals surface area contributed by atoms with Crippen molar-refractivity contribution < 1.29 is 9.59 Å². The average Bonchev–Trinajstić information content (AvgIpc) is 2.75. The summed E-state index contributed by atoms with van der Waals surface area (Å²) in [5.74, 6) is 0.711. The van der Waals surface area contributed by atoms with Gasteiger partial charge in [0.25, 0.3) is 0 Å². The van der Waals surface area contributed by atoms with Crippen molar-refractivity contribution in [3.63, 3.8) is 0 Å². The van der Waals surface area contributed by atoms with Gasteiger partial charge in [0.15, 0.2) is 0 Å². The van der Waals surface area contributed by atoms with E-state index in [0.29, 0.717) is 24.8 Å². The second-order valence-corrected chi connectivity index (χ2v) is 4.78. The van der Waals surface area contributed by atoms with Gasteiger partial charge >= 0.3 is 0 Å². The highest BCUT2D eigenvalue weighted by molar-refractivity contribution is 5.90. The maximum atomic E-state index is 11.7. The lowest BCUT2D eigenvalue weighted by Crippen LogP contribution is -2.45. The monoisotopic (exact) mass is 210 g/mol. The van der Waals surface area contributed by atoms with Gasteiger partial charge in [-0.15, -0.1) is 0 Å². The van der Waals surface area contributed by atoms with Gasteiger partial charge in [-0.3, -0.25) is 9.59 Å². The van der Waals surface area contributed by atoms with E-state index in [0.717, 1.165) is 12.8 Å². The third kappa shape index (κ3) is 2.49. The summed E-state index contributed by atoms with van der Waals surface area (Å²) >= 11 is 0. The van der Waals surface area contributed by atoms with Gasteiger partial charge in [-0.2, -0.15) is 0 Å². The van der Waals surface area contributed by atoms with Gasteiger partial charge in [0, 0.05) is 12.5 Å². The average molecular weight is 210 g/mol. The molecular weight excluding hydrogens is 192 g/mol. The van der Waals surface area contributed by atoms with Crippen LogP contribution in [0.1, 0.15) is 39.0 Å². The molecule has 2 amide bonds. The Balaban J connectivity index is 1.79. The van der Waals surface area contributed by atoms with Gasteiger partial charge in [0.2, 0.25) is 11.8 Å². The number of carbonyl (C=O) groups excluding carboxylic acids is 2. The second-order valence-electron chi connectivity index (χ2n) is 4.78. The van der Waals surface area contributed by atoms with Crippen LogP contribution in [-0.2, 0) is 9.59 Å². The number of hydrogen-bond acceptors (Lipinski definition) is 2. The van der Waals surface area contributed by atoms with Crippen molar-refractivity contribution in [2.45, 2.75) is 51.1 Å². The molecule has 2 aliphatic rings. The van der Waals surface area contributed by atoms with E-state index in [-0.39, 0.29) is 17.9 Å². The molecule has 1 saturated carbocycles. The number of nitrogens with one attached hydrogen (secondary N) is 2. The van der Waals surface area contributed by atoms with Crippen LogP contribution in [-0.4, -0.2) is 23.9 Å². The summed E-state index contributed by atoms with van der Waals surface area (Å²) in [6, 6.07) is 0.0402. The summed E-state index contributed by atoms with van der Waals surface area (Å²) in [7, 11) is 0. The molecule has 2 fully saturated rings. The number of carbonyl (C=O) groups is 2. The van der Waals surface area contributed by atoms with Crippen LogP contribution in [0.5, 0.6) is 0 Å². The zero-order valence-electron chi connectivity index (χ0n) is 9.08. The van der Waals surface area contributed by atoms with Gasteiger partial charge in [0.05, 0.1) is 0 Å². The predicted molar refractivity (Wildman–Crippen MR) is 56.1 cm³/mol. The molecule has 0 aromatic heterocycles. The first-order valence-corrected chi connectivity index (χ1v) is 5.75. The lowest BCUT2D eigenvalue weighted by atomic mass is 10.1. The van der Waals surface area contributed by atoms with Crippen molar-refractivity contribution >= 4 is 11.8 Å². The first-order valence-electron chi connectivity index (χ1n) is 5.75. The molecule has 1 aliphatic heterocycles.